The fraction of sp³-hybridized carbons (Fsp3) is 0.500. The van der Waals surface area contributed by atoms with Crippen molar-refractivity contribution in [2.45, 2.75) is 27.3 Å². The first-order valence-electron chi connectivity index (χ1n) is 7.83. The van der Waals surface area contributed by atoms with Crippen LogP contribution >= 0.6 is 0 Å². The first-order chi connectivity index (χ1) is 10.5. The third kappa shape index (κ3) is 3.08. The van der Waals surface area contributed by atoms with Gasteiger partial charge in [-0.05, 0) is 49.7 Å². The summed E-state index contributed by atoms with van der Waals surface area (Å²) in [6.45, 7) is 10.4. The fourth-order valence-corrected chi connectivity index (χ4v) is 3.32. The lowest BCUT2D eigenvalue weighted by Gasteiger charge is -2.41. The van der Waals surface area contributed by atoms with E-state index in [1.54, 1.807) is 0 Å². The van der Waals surface area contributed by atoms with Gasteiger partial charge in [-0.1, -0.05) is 13.0 Å². The predicted molar refractivity (Wildman–Crippen MR) is 88.3 cm³/mol. The summed E-state index contributed by atoms with van der Waals surface area (Å²) in [6.07, 6.45) is 3.84. The van der Waals surface area contributed by atoms with Gasteiger partial charge in [0, 0.05) is 30.9 Å². The van der Waals surface area contributed by atoms with Gasteiger partial charge in [0.15, 0.2) is 0 Å². The summed E-state index contributed by atoms with van der Waals surface area (Å²) in [5, 5.41) is 4.42. The Morgan fingerprint density at radius 1 is 1.32 bits per heavy atom. The molecule has 118 valence electrons. The van der Waals surface area contributed by atoms with Crippen LogP contribution in [0.2, 0.25) is 0 Å². The number of nitrogens with zero attached hydrogens (tertiary/aromatic N) is 3. The van der Waals surface area contributed by atoms with E-state index in [4.69, 9.17) is 4.74 Å². The Labute approximate surface area is 132 Å². The summed E-state index contributed by atoms with van der Waals surface area (Å²) in [5.41, 5.74) is 5.44. The molecule has 0 saturated carbocycles. The molecule has 0 radical (unpaired) electrons. The molecule has 0 unspecified atom stereocenters. The maximum absolute atomic E-state index is 5.37. The number of hydrogen-bond donors (Lipinski definition) is 0. The molecule has 4 nitrogen and oxygen atoms in total. The second-order valence-corrected chi connectivity index (χ2v) is 7.01. The number of aryl methyl sites for hydroxylation is 2. The SMILES string of the molecule is Cc1cc(C)c(CN(C)CC2(C)COC2)c(-n2cccn2)c1. The van der Waals surface area contributed by atoms with E-state index in [1.807, 2.05) is 23.1 Å². The van der Waals surface area contributed by atoms with Gasteiger partial charge in [-0.2, -0.15) is 5.10 Å². The highest BCUT2D eigenvalue weighted by Crippen LogP contribution is 2.29. The number of benzene rings is 1. The Morgan fingerprint density at radius 2 is 2.09 bits per heavy atom. The minimum absolute atomic E-state index is 0.305. The standard InChI is InChI=1S/C18H25N3O/c1-14-8-15(2)16(17(9-14)21-7-5-6-19-21)10-20(4)11-18(3)12-22-13-18/h5-9H,10-13H2,1-4H3. The summed E-state index contributed by atoms with van der Waals surface area (Å²) < 4.78 is 7.34. The van der Waals surface area contributed by atoms with Crippen molar-refractivity contribution in [3.8, 4) is 5.69 Å². The molecule has 1 aromatic carbocycles. The van der Waals surface area contributed by atoms with E-state index in [1.165, 1.54) is 22.4 Å². The van der Waals surface area contributed by atoms with Crippen LogP contribution in [0, 0.1) is 19.3 Å². The molecule has 2 aromatic rings. The highest BCUT2D eigenvalue weighted by Gasteiger charge is 2.34. The van der Waals surface area contributed by atoms with Gasteiger partial charge >= 0.3 is 0 Å². The minimum atomic E-state index is 0.305. The van der Waals surface area contributed by atoms with E-state index in [2.05, 4.69) is 50.0 Å². The van der Waals surface area contributed by atoms with Crippen molar-refractivity contribution in [1.82, 2.24) is 14.7 Å². The smallest absolute Gasteiger partial charge is 0.0695 e. The Hall–Kier alpha value is -1.65. The zero-order valence-electron chi connectivity index (χ0n) is 14.0. The second-order valence-electron chi connectivity index (χ2n) is 7.01. The average Bonchev–Trinajstić information content (AvgIpc) is 2.93. The van der Waals surface area contributed by atoms with Crippen LogP contribution in [0.4, 0.5) is 0 Å². The zero-order chi connectivity index (χ0) is 15.7. The maximum atomic E-state index is 5.37. The minimum Gasteiger partial charge on any atom is -0.380 e. The van der Waals surface area contributed by atoms with Gasteiger partial charge in [0.25, 0.3) is 0 Å². The quantitative estimate of drug-likeness (QED) is 0.850. The van der Waals surface area contributed by atoms with Gasteiger partial charge in [0.05, 0.1) is 18.9 Å². The van der Waals surface area contributed by atoms with E-state index in [-0.39, 0.29) is 0 Å². The Balaban J connectivity index is 1.86. The van der Waals surface area contributed by atoms with Crippen molar-refractivity contribution in [2.24, 2.45) is 5.41 Å². The fourth-order valence-electron chi connectivity index (χ4n) is 3.32. The second kappa shape index (κ2) is 5.86. The van der Waals surface area contributed by atoms with Crippen molar-refractivity contribution < 1.29 is 4.74 Å². The van der Waals surface area contributed by atoms with Crippen molar-refractivity contribution >= 4 is 0 Å². The molecule has 0 spiro atoms. The first-order valence-corrected chi connectivity index (χ1v) is 7.83. The number of rotatable bonds is 5. The van der Waals surface area contributed by atoms with Crippen molar-refractivity contribution in [2.75, 3.05) is 26.8 Å². The van der Waals surface area contributed by atoms with Gasteiger partial charge in [-0.3, -0.25) is 0 Å². The summed E-state index contributed by atoms with van der Waals surface area (Å²) >= 11 is 0. The van der Waals surface area contributed by atoms with Crippen molar-refractivity contribution in [1.29, 1.82) is 0 Å². The molecule has 1 aromatic heterocycles. The van der Waals surface area contributed by atoms with E-state index < -0.39 is 0 Å². The van der Waals surface area contributed by atoms with Crippen LogP contribution in [0.5, 0.6) is 0 Å². The third-order valence-corrected chi connectivity index (χ3v) is 4.33. The molecule has 1 saturated heterocycles. The largest absolute Gasteiger partial charge is 0.380 e. The third-order valence-electron chi connectivity index (χ3n) is 4.33. The molecule has 0 amide bonds. The van der Waals surface area contributed by atoms with Crippen LogP contribution < -0.4 is 0 Å². The lowest BCUT2D eigenvalue weighted by atomic mass is 9.88. The van der Waals surface area contributed by atoms with E-state index in [9.17, 15) is 0 Å². The monoisotopic (exact) mass is 299 g/mol. The molecule has 1 fully saturated rings. The van der Waals surface area contributed by atoms with Gasteiger partial charge in [-0.15, -0.1) is 0 Å². The van der Waals surface area contributed by atoms with Gasteiger partial charge in [-0.25, -0.2) is 4.68 Å². The van der Waals surface area contributed by atoms with Crippen LogP contribution in [0.1, 0.15) is 23.6 Å². The lowest BCUT2D eigenvalue weighted by molar-refractivity contribution is -0.113. The molecule has 2 heterocycles. The first kappa shape index (κ1) is 15.3. The van der Waals surface area contributed by atoms with Crippen molar-refractivity contribution in [3.63, 3.8) is 0 Å². The average molecular weight is 299 g/mol. The molecule has 4 heteroatoms. The zero-order valence-corrected chi connectivity index (χ0v) is 14.0. The summed E-state index contributed by atoms with van der Waals surface area (Å²) in [7, 11) is 2.19. The topological polar surface area (TPSA) is 30.3 Å². The molecule has 0 N–H and O–H groups in total. The van der Waals surface area contributed by atoms with E-state index >= 15 is 0 Å². The predicted octanol–water partition coefficient (Wildman–Crippen LogP) is 2.96. The summed E-state index contributed by atoms with van der Waals surface area (Å²) in [5.74, 6) is 0. The van der Waals surface area contributed by atoms with Crippen molar-refractivity contribution in [3.05, 3.63) is 47.3 Å². The molecule has 0 bridgehead atoms. The normalized spacial score (nSPS) is 16.8. The molecule has 0 atom stereocenters. The van der Waals surface area contributed by atoms with Crippen LogP contribution in [-0.4, -0.2) is 41.5 Å². The molecule has 0 aliphatic carbocycles. The van der Waals surface area contributed by atoms with Gasteiger partial charge in [0.1, 0.15) is 0 Å². The summed E-state index contributed by atoms with van der Waals surface area (Å²) in [4.78, 5) is 2.40. The molecule has 22 heavy (non-hydrogen) atoms. The van der Waals surface area contributed by atoms with E-state index in [0.717, 1.165) is 26.3 Å². The Morgan fingerprint density at radius 3 is 2.68 bits per heavy atom. The molecular formula is C18H25N3O. The van der Waals surface area contributed by atoms with E-state index in [0.29, 0.717) is 5.41 Å². The molecule has 1 aliphatic heterocycles. The molecular weight excluding hydrogens is 274 g/mol. The number of aromatic nitrogens is 2. The van der Waals surface area contributed by atoms with Crippen LogP contribution in [0.15, 0.2) is 30.6 Å². The number of hydrogen-bond acceptors (Lipinski definition) is 3. The highest BCUT2D eigenvalue weighted by molar-refractivity contribution is 5.48. The Bertz CT molecular complexity index is 645. The van der Waals surface area contributed by atoms with Crippen LogP contribution in [0.3, 0.4) is 0 Å². The van der Waals surface area contributed by atoms with Crippen LogP contribution in [-0.2, 0) is 11.3 Å². The molecule has 3 rings (SSSR count). The summed E-state index contributed by atoms with van der Waals surface area (Å²) in [6, 6.07) is 6.44. The van der Waals surface area contributed by atoms with Gasteiger partial charge < -0.3 is 9.64 Å². The number of ether oxygens (including phenoxy) is 1. The highest BCUT2D eigenvalue weighted by atomic mass is 16.5. The Kier molecular flexibility index (Phi) is 4.06. The maximum Gasteiger partial charge on any atom is 0.0695 e. The van der Waals surface area contributed by atoms with Crippen LogP contribution in [0.25, 0.3) is 5.69 Å². The lowest BCUT2D eigenvalue weighted by Crippen LogP contribution is -2.47. The molecule has 1 aliphatic rings. The van der Waals surface area contributed by atoms with Gasteiger partial charge in [0.2, 0.25) is 0 Å².